The molecule has 100 valence electrons. The number of aryl methyl sites for hydroxylation is 1. The van der Waals surface area contributed by atoms with Crippen LogP contribution in [-0.2, 0) is 0 Å². The second-order valence-corrected chi connectivity index (χ2v) is 4.42. The van der Waals surface area contributed by atoms with Crippen molar-refractivity contribution < 1.29 is 14.6 Å². The van der Waals surface area contributed by atoms with Crippen molar-refractivity contribution in [2.75, 3.05) is 20.3 Å². The van der Waals surface area contributed by atoms with Gasteiger partial charge in [-0.15, -0.1) is 0 Å². The Balaban J connectivity index is 3.06. The number of benzene rings is 1. The second-order valence-electron chi connectivity index (χ2n) is 4.04. The highest BCUT2D eigenvalue weighted by molar-refractivity contribution is 6.32. The topological polar surface area (TPSA) is 58.6 Å². The number of rotatable bonds is 5. The Kier molecular flexibility index (Phi) is 5.44. The predicted molar refractivity (Wildman–Crippen MR) is 71.5 cm³/mol. The van der Waals surface area contributed by atoms with Gasteiger partial charge in [-0.3, -0.25) is 4.79 Å². The molecular formula is C13H18ClNO3. The van der Waals surface area contributed by atoms with Gasteiger partial charge in [-0.05, 0) is 37.5 Å². The van der Waals surface area contributed by atoms with Gasteiger partial charge >= 0.3 is 0 Å². The number of amides is 1. The van der Waals surface area contributed by atoms with Gasteiger partial charge in [-0.2, -0.15) is 0 Å². The summed E-state index contributed by atoms with van der Waals surface area (Å²) in [6.07, 6.45) is 0.521. The molecule has 0 aliphatic carbocycles. The molecule has 0 bridgehead atoms. The molecule has 18 heavy (non-hydrogen) atoms. The highest BCUT2D eigenvalue weighted by atomic mass is 35.5. The number of carbonyl (C=O) groups is 1. The monoisotopic (exact) mass is 271 g/mol. The minimum Gasteiger partial charge on any atom is -0.496 e. The molecule has 2 N–H and O–H groups in total. The van der Waals surface area contributed by atoms with E-state index in [-0.39, 0.29) is 12.5 Å². The molecule has 0 aromatic heterocycles. The lowest BCUT2D eigenvalue weighted by molar-refractivity contribution is 0.0947. The summed E-state index contributed by atoms with van der Waals surface area (Å²) < 4.78 is 5.22. The third-order valence-corrected chi connectivity index (χ3v) is 3.29. The Morgan fingerprint density at radius 3 is 2.72 bits per heavy atom. The average Bonchev–Trinajstić information content (AvgIpc) is 2.35. The molecule has 0 unspecified atom stereocenters. The Hall–Kier alpha value is -1.26. The summed E-state index contributed by atoms with van der Waals surface area (Å²) in [5.74, 6) is 0.274. The van der Waals surface area contributed by atoms with Gasteiger partial charge in [0.1, 0.15) is 5.75 Å². The van der Waals surface area contributed by atoms with Gasteiger partial charge in [-0.1, -0.05) is 11.6 Å². The van der Waals surface area contributed by atoms with Crippen LogP contribution in [0.3, 0.4) is 0 Å². The van der Waals surface area contributed by atoms with Crippen LogP contribution < -0.4 is 10.1 Å². The first-order valence-corrected chi connectivity index (χ1v) is 6.13. The van der Waals surface area contributed by atoms with Crippen molar-refractivity contribution in [2.45, 2.75) is 20.3 Å². The zero-order chi connectivity index (χ0) is 13.7. The fourth-order valence-corrected chi connectivity index (χ4v) is 1.88. The Bertz CT molecular complexity index is 446. The van der Waals surface area contributed by atoms with E-state index in [2.05, 4.69) is 5.32 Å². The SMILES string of the molecule is COc1cc(C)c(Cl)c(C)c1C(=O)NCCCO. The summed E-state index contributed by atoms with van der Waals surface area (Å²) in [6, 6.07) is 1.75. The summed E-state index contributed by atoms with van der Waals surface area (Å²) in [5, 5.41) is 12.0. The third-order valence-electron chi connectivity index (χ3n) is 2.71. The van der Waals surface area contributed by atoms with Crippen LogP contribution in [0.2, 0.25) is 5.02 Å². The summed E-state index contributed by atoms with van der Waals surface area (Å²) in [4.78, 5) is 12.1. The van der Waals surface area contributed by atoms with Crippen molar-refractivity contribution in [3.8, 4) is 5.75 Å². The van der Waals surface area contributed by atoms with Gasteiger partial charge in [0.2, 0.25) is 0 Å². The van der Waals surface area contributed by atoms with Crippen molar-refractivity contribution in [1.29, 1.82) is 0 Å². The van der Waals surface area contributed by atoms with E-state index < -0.39 is 0 Å². The number of nitrogens with one attached hydrogen (secondary N) is 1. The zero-order valence-corrected chi connectivity index (χ0v) is 11.6. The fraction of sp³-hybridized carbons (Fsp3) is 0.462. The Morgan fingerprint density at radius 1 is 1.50 bits per heavy atom. The van der Waals surface area contributed by atoms with Gasteiger partial charge in [-0.25, -0.2) is 0 Å². The maximum atomic E-state index is 12.1. The minimum absolute atomic E-state index is 0.0467. The number of methoxy groups -OCH3 is 1. The van der Waals surface area contributed by atoms with E-state index in [0.717, 1.165) is 5.56 Å². The van der Waals surface area contributed by atoms with Crippen LogP contribution in [0.5, 0.6) is 5.75 Å². The lowest BCUT2D eigenvalue weighted by Crippen LogP contribution is -2.26. The summed E-state index contributed by atoms with van der Waals surface area (Å²) >= 11 is 6.14. The quantitative estimate of drug-likeness (QED) is 0.806. The molecule has 0 radical (unpaired) electrons. The van der Waals surface area contributed by atoms with E-state index in [9.17, 15) is 4.79 Å². The lowest BCUT2D eigenvalue weighted by Gasteiger charge is -2.14. The highest BCUT2D eigenvalue weighted by Crippen LogP contribution is 2.31. The summed E-state index contributed by atoms with van der Waals surface area (Å²) in [5.41, 5.74) is 2.03. The highest BCUT2D eigenvalue weighted by Gasteiger charge is 2.18. The Morgan fingerprint density at radius 2 is 2.17 bits per heavy atom. The van der Waals surface area contributed by atoms with Crippen molar-refractivity contribution in [3.05, 3.63) is 27.8 Å². The van der Waals surface area contributed by atoms with E-state index in [4.69, 9.17) is 21.4 Å². The van der Waals surface area contributed by atoms with Crippen LogP contribution in [0.25, 0.3) is 0 Å². The molecular weight excluding hydrogens is 254 g/mol. The Labute approximate surface area is 112 Å². The first-order chi connectivity index (χ1) is 8.52. The van der Waals surface area contributed by atoms with Crippen LogP contribution in [0.15, 0.2) is 6.07 Å². The first kappa shape index (κ1) is 14.8. The fourth-order valence-electron chi connectivity index (χ4n) is 1.74. The van der Waals surface area contributed by atoms with Crippen molar-refractivity contribution in [3.63, 3.8) is 0 Å². The molecule has 1 rings (SSSR count). The van der Waals surface area contributed by atoms with Crippen molar-refractivity contribution >= 4 is 17.5 Å². The predicted octanol–water partition coefficient (Wildman–Crippen LogP) is 2.08. The van der Waals surface area contributed by atoms with Crippen LogP contribution in [0.1, 0.15) is 27.9 Å². The number of aliphatic hydroxyl groups is 1. The normalized spacial score (nSPS) is 10.3. The van der Waals surface area contributed by atoms with E-state index in [1.807, 2.05) is 6.92 Å². The van der Waals surface area contributed by atoms with Crippen LogP contribution in [0.4, 0.5) is 0 Å². The number of ether oxygens (including phenoxy) is 1. The van der Waals surface area contributed by atoms with Crippen LogP contribution in [-0.4, -0.2) is 31.3 Å². The lowest BCUT2D eigenvalue weighted by atomic mass is 10.0. The number of hydrogen-bond donors (Lipinski definition) is 2. The second kappa shape index (κ2) is 6.61. The molecule has 4 nitrogen and oxygen atoms in total. The van der Waals surface area contributed by atoms with Gasteiger partial charge in [0.05, 0.1) is 12.7 Å². The summed E-state index contributed by atoms with van der Waals surface area (Å²) in [7, 11) is 1.52. The molecule has 0 saturated carbocycles. The summed E-state index contributed by atoms with van der Waals surface area (Å²) in [6.45, 7) is 4.12. The van der Waals surface area contributed by atoms with Gasteiger partial charge in [0.15, 0.2) is 0 Å². The van der Waals surface area contributed by atoms with E-state index in [0.29, 0.717) is 34.9 Å². The minimum atomic E-state index is -0.236. The molecule has 0 aliphatic rings. The molecule has 1 aromatic carbocycles. The standard InChI is InChI=1S/C13H18ClNO3/c1-8-7-10(18-3)11(9(2)12(8)14)13(17)15-5-4-6-16/h7,16H,4-6H2,1-3H3,(H,15,17). The van der Waals surface area contributed by atoms with Gasteiger partial charge in [0.25, 0.3) is 5.91 Å². The number of carbonyl (C=O) groups excluding carboxylic acids is 1. The van der Waals surface area contributed by atoms with Crippen LogP contribution >= 0.6 is 11.6 Å². The van der Waals surface area contributed by atoms with Gasteiger partial charge < -0.3 is 15.2 Å². The van der Waals surface area contributed by atoms with E-state index in [1.54, 1.807) is 13.0 Å². The molecule has 0 fully saturated rings. The van der Waals surface area contributed by atoms with Crippen molar-refractivity contribution in [1.82, 2.24) is 5.32 Å². The molecule has 0 saturated heterocycles. The molecule has 0 heterocycles. The van der Waals surface area contributed by atoms with Crippen molar-refractivity contribution in [2.24, 2.45) is 0 Å². The molecule has 0 spiro atoms. The van der Waals surface area contributed by atoms with Crippen LogP contribution in [0, 0.1) is 13.8 Å². The molecule has 0 atom stereocenters. The maximum absolute atomic E-state index is 12.1. The zero-order valence-electron chi connectivity index (χ0n) is 10.8. The molecule has 1 aromatic rings. The molecule has 5 heteroatoms. The first-order valence-electron chi connectivity index (χ1n) is 5.75. The largest absolute Gasteiger partial charge is 0.496 e. The van der Waals surface area contributed by atoms with E-state index >= 15 is 0 Å². The number of aliphatic hydroxyl groups excluding tert-OH is 1. The van der Waals surface area contributed by atoms with Gasteiger partial charge in [0, 0.05) is 18.2 Å². The molecule has 0 aliphatic heterocycles. The third kappa shape index (κ3) is 3.15. The van der Waals surface area contributed by atoms with E-state index in [1.165, 1.54) is 7.11 Å². The number of hydrogen-bond acceptors (Lipinski definition) is 3. The number of halogens is 1. The smallest absolute Gasteiger partial charge is 0.255 e. The molecule has 1 amide bonds. The maximum Gasteiger partial charge on any atom is 0.255 e. The average molecular weight is 272 g/mol.